The van der Waals surface area contributed by atoms with Crippen molar-refractivity contribution < 1.29 is 13.2 Å². The molecule has 0 aliphatic carbocycles. The Balaban J connectivity index is 2.30. The highest BCUT2D eigenvalue weighted by molar-refractivity contribution is 7.89. The van der Waals surface area contributed by atoms with Crippen molar-refractivity contribution in [3.8, 4) is 5.75 Å². The molecule has 0 spiro atoms. The molecular formula is C15H26N2O3S. The van der Waals surface area contributed by atoms with Crippen molar-refractivity contribution in [2.24, 2.45) is 0 Å². The van der Waals surface area contributed by atoms with Gasteiger partial charge in [-0.05, 0) is 44.0 Å². The lowest BCUT2D eigenvalue weighted by Gasteiger charge is -2.09. The van der Waals surface area contributed by atoms with E-state index in [9.17, 15) is 8.42 Å². The molecule has 5 nitrogen and oxygen atoms in total. The molecule has 120 valence electrons. The number of sulfonamides is 1. The second-order valence-electron chi connectivity index (χ2n) is 4.84. The normalized spacial score (nSPS) is 11.5. The third kappa shape index (κ3) is 7.45. The first-order valence-corrected chi connectivity index (χ1v) is 9.04. The van der Waals surface area contributed by atoms with Crippen molar-refractivity contribution in [1.82, 2.24) is 10.0 Å². The van der Waals surface area contributed by atoms with Crippen molar-refractivity contribution in [2.45, 2.75) is 26.2 Å². The van der Waals surface area contributed by atoms with Gasteiger partial charge in [-0.25, -0.2) is 13.1 Å². The summed E-state index contributed by atoms with van der Waals surface area (Å²) in [5.74, 6) is 0.979. The lowest BCUT2D eigenvalue weighted by Crippen LogP contribution is -2.28. The molecule has 2 N–H and O–H groups in total. The van der Waals surface area contributed by atoms with Crippen LogP contribution in [0.15, 0.2) is 24.3 Å². The SMILES string of the molecule is CCNCCCCS(=O)(=O)NCCc1ccccc1OC. The van der Waals surface area contributed by atoms with Crippen LogP contribution in [0.3, 0.4) is 0 Å². The zero-order valence-electron chi connectivity index (χ0n) is 12.9. The summed E-state index contributed by atoms with van der Waals surface area (Å²) in [6, 6.07) is 7.65. The molecule has 0 bridgehead atoms. The van der Waals surface area contributed by atoms with Crippen molar-refractivity contribution in [2.75, 3.05) is 32.5 Å². The van der Waals surface area contributed by atoms with Crippen molar-refractivity contribution in [1.29, 1.82) is 0 Å². The van der Waals surface area contributed by atoms with Crippen molar-refractivity contribution in [3.05, 3.63) is 29.8 Å². The highest BCUT2D eigenvalue weighted by Crippen LogP contribution is 2.17. The average molecular weight is 314 g/mol. The maximum atomic E-state index is 11.8. The molecule has 1 aromatic carbocycles. The van der Waals surface area contributed by atoms with Crippen molar-refractivity contribution in [3.63, 3.8) is 0 Å². The lowest BCUT2D eigenvalue weighted by atomic mass is 10.1. The summed E-state index contributed by atoms with van der Waals surface area (Å²) in [6.07, 6.45) is 2.18. The largest absolute Gasteiger partial charge is 0.496 e. The number of ether oxygens (including phenoxy) is 1. The zero-order valence-corrected chi connectivity index (χ0v) is 13.7. The Morgan fingerprint density at radius 2 is 1.90 bits per heavy atom. The highest BCUT2D eigenvalue weighted by Gasteiger charge is 2.09. The highest BCUT2D eigenvalue weighted by atomic mass is 32.2. The quantitative estimate of drug-likeness (QED) is 0.608. The summed E-state index contributed by atoms with van der Waals surface area (Å²) in [7, 11) is -1.56. The maximum absolute atomic E-state index is 11.8. The van der Waals surface area contributed by atoms with Gasteiger partial charge < -0.3 is 10.1 Å². The molecule has 0 saturated heterocycles. The van der Waals surface area contributed by atoms with Crippen LogP contribution in [0.4, 0.5) is 0 Å². The van der Waals surface area contributed by atoms with Gasteiger partial charge in [0.05, 0.1) is 12.9 Å². The number of hydrogen-bond acceptors (Lipinski definition) is 4. The van der Waals surface area contributed by atoms with E-state index in [0.717, 1.165) is 30.8 Å². The van der Waals surface area contributed by atoms with Gasteiger partial charge >= 0.3 is 0 Å². The van der Waals surface area contributed by atoms with E-state index in [1.807, 2.05) is 31.2 Å². The van der Waals surface area contributed by atoms with Gasteiger partial charge in [-0.1, -0.05) is 25.1 Å². The molecule has 0 aromatic heterocycles. The molecule has 21 heavy (non-hydrogen) atoms. The smallest absolute Gasteiger partial charge is 0.211 e. The Hall–Kier alpha value is -1.11. The van der Waals surface area contributed by atoms with Gasteiger partial charge in [-0.2, -0.15) is 0 Å². The van der Waals surface area contributed by atoms with E-state index in [0.29, 0.717) is 19.4 Å². The van der Waals surface area contributed by atoms with Gasteiger partial charge in [0.2, 0.25) is 10.0 Å². The summed E-state index contributed by atoms with van der Waals surface area (Å²) in [5, 5.41) is 3.18. The Kier molecular flexibility index (Phi) is 8.34. The number of hydrogen-bond donors (Lipinski definition) is 2. The average Bonchev–Trinajstić information content (AvgIpc) is 2.47. The third-order valence-corrected chi connectivity index (χ3v) is 4.65. The monoisotopic (exact) mass is 314 g/mol. The van der Waals surface area contributed by atoms with Crippen LogP contribution < -0.4 is 14.8 Å². The Labute approximate surface area is 128 Å². The number of benzene rings is 1. The summed E-state index contributed by atoms with van der Waals surface area (Å²) in [4.78, 5) is 0. The number of methoxy groups -OCH3 is 1. The van der Waals surface area contributed by atoms with Crippen LogP contribution in [-0.2, 0) is 16.4 Å². The Bertz CT molecular complexity index is 503. The number of rotatable bonds is 11. The predicted molar refractivity (Wildman–Crippen MR) is 86.3 cm³/mol. The summed E-state index contributed by atoms with van der Waals surface area (Å²) >= 11 is 0. The maximum Gasteiger partial charge on any atom is 0.211 e. The second kappa shape index (κ2) is 9.76. The second-order valence-corrected chi connectivity index (χ2v) is 6.76. The molecule has 0 radical (unpaired) electrons. The van der Waals surface area contributed by atoms with Gasteiger partial charge in [0.25, 0.3) is 0 Å². The first-order valence-electron chi connectivity index (χ1n) is 7.39. The summed E-state index contributed by atoms with van der Waals surface area (Å²) in [5.41, 5.74) is 1.01. The van der Waals surface area contributed by atoms with E-state index in [2.05, 4.69) is 10.0 Å². The molecule has 0 fully saturated rings. The van der Waals surface area contributed by atoms with E-state index in [4.69, 9.17) is 4.74 Å². The third-order valence-electron chi connectivity index (χ3n) is 3.18. The molecular weight excluding hydrogens is 288 g/mol. The molecule has 0 atom stereocenters. The van der Waals surface area contributed by atoms with Crippen LogP contribution in [-0.4, -0.2) is 40.9 Å². The van der Waals surface area contributed by atoms with E-state index in [1.54, 1.807) is 7.11 Å². The fourth-order valence-electron chi connectivity index (χ4n) is 2.04. The van der Waals surface area contributed by atoms with Gasteiger partial charge in [0.15, 0.2) is 0 Å². The van der Waals surface area contributed by atoms with Crippen LogP contribution in [0.2, 0.25) is 0 Å². The molecule has 0 aliphatic rings. The van der Waals surface area contributed by atoms with E-state index in [-0.39, 0.29) is 5.75 Å². The minimum absolute atomic E-state index is 0.185. The van der Waals surface area contributed by atoms with Crippen molar-refractivity contribution >= 4 is 10.0 Å². The van der Waals surface area contributed by atoms with E-state index in [1.165, 1.54) is 0 Å². The van der Waals surface area contributed by atoms with Crippen LogP contribution >= 0.6 is 0 Å². The molecule has 0 amide bonds. The summed E-state index contributed by atoms with van der Waals surface area (Å²) < 4.78 is 31.6. The van der Waals surface area contributed by atoms with Gasteiger partial charge in [-0.3, -0.25) is 0 Å². The lowest BCUT2D eigenvalue weighted by molar-refractivity contribution is 0.409. The fraction of sp³-hybridized carbons (Fsp3) is 0.600. The minimum Gasteiger partial charge on any atom is -0.496 e. The first kappa shape index (κ1) is 17.9. The molecule has 0 heterocycles. The molecule has 1 aromatic rings. The van der Waals surface area contributed by atoms with E-state index >= 15 is 0 Å². The minimum atomic E-state index is -3.18. The predicted octanol–water partition coefficient (Wildman–Crippen LogP) is 1.55. The van der Waals surface area contributed by atoms with Crippen LogP contribution in [0.25, 0.3) is 0 Å². The van der Waals surface area contributed by atoms with Crippen LogP contribution in [0.5, 0.6) is 5.75 Å². The molecule has 1 rings (SSSR count). The topological polar surface area (TPSA) is 67.4 Å². The Morgan fingerprint density at radius 1 is 1.14 bits per heavy atom. The molecule has 6 heteroatoms. The van der Waals surface area contributed by atoms with Crippen LogP contribution in [0.1, 0.15) is 25.3 Å². The van der Waals surface area contributed by atoms with Gasteiger partial charge in [0.1, 0.15) is 5.75 Å². The Morgan fingerprint density at radius 3 is 2.62 bits per heavy atom. The number of unbranched alkanes of at least 4 members (excludes halogenated alkanes) is 1. The fourth-order valence-corrected chi connectivity index (χ4v) is 3.18. The first-order chi connectivity index (χ1) is 10.1. The standard InChI is InChI=1S/C15H26N2O3S/c1-3-16-11-6-7-13-21(18,19)17-12-10-14-8-4-5-9-15(14)20-2/h4-5,8-9,16-17H,3,6-7,10-13H2,1-2H3. The number of nitrogens with one attached hydrogen (secondary N) is 2. The molecule has 0 saturated carbocycles. The van der Waals surface area contributed by atoms with Crippen LogP contribution in [0, 0.1) is 0 Å². The zero-order chi connectivity index (χ0) is 15.6. The summed E-state index contributed by atoms with van der Waals surface area (Å²) in [6.45, 7) is 4.23. The van der Waals surface area contributed by atoms with Gasteiger partial charge in [-0.15, -0.1) is 0 Å². The molecule has 0 unspecified atom stereocenters. The van der Waals surface area contributed by atoms with Gasteiger partial charge in [0, 0.05) is 6.54 Å². The number of para-hydroxylation sites is 1. The van der Waals surface area contributed by atoms with E-state index < -0.39 is 10.0 Å². The molecule has 0 aliphatic heterocycles.